The number of hydrogen-bond acceptors (Lipinski definition) is 4. The van der Waals surface area contributed by atoms with Gasteiger partial charge in [-0.15, -0.1) is 0 Å². The lowest BCUT2D eigenvalue weighted by atomic mass is 10.2. The average Bonchev–Trinajstić information content (AvgIpc) is 1.98. The Kier molecular flexibility index (Phi) is 4.21. The Hall–Kier alpha value is -1.10. The molecule has 5 heteroatoms. The number of hydrogen-bond donors (Lipinski definition) is 2. The number of nitrogens with two attached hydrogens (primary N) is 2. The van der Waals surface area contributed by atoms with Crippen molar-refractivity contribution in [2.75, 3.05) is 7.11 Å². The molecule has 0 aliphatic heterocycles. The zero-order valence-corrected chi connectivity index (χ0v) is 6.37. The highest BCUT2D eigenvalue weighted by Gasteiger charge is 2.13. The maximum Gasteiger partial charge on any atom is 0.322 e. The Bertz CT molecular complexity index is 158. The zero-order chi connectivity index (χ0) is 8.85. The van der Waals surface area contributed by atoms with E-state index in [9.17, 15) is 9.59 Å². The van der Waals surface area contributed by atoms with Crippen LogP contribution in [0.5, 0.6) is 0 Å². The predicted molar refractivity (Wildman–Crippen MR) is 38.4 cm³/mol. The van der Waals surface area contributed by atoms with Gasteiger partial charge in [-0.05, 0) is 6.42 Å². The Morgan fingerprint density at radius 2 is 2.09 bits per heavy atom. The van der Waals surface area contributed by atoms with E-state index in [0.29, 0.717) is 0 Å². The van der Waals surface area contributed by atoms with Crippen LogP contribution in [0.25, 0.3) is 0 Å². The molecule has 64 valence electrons. The van der Waals surface area contributed by atoms with Crippen LogP contribution in [0, 0.1) is 0 Å². The fourth-order valence-corrected chi connectivity index (χ4v) is 0.567. The first kappa shape index (κ1) is 9.90. The molecule has 1 unspecified atom stereocenters. The second kappa shape index (κ2) is 4.68. The molecule has 0 fully saturated rings. The van der Waals surface area contributed by atoms with E-state index in [1.807, 2.05) is 0 Å². The number of amides is 1. The van der Waals surface area contributed by atoms with Crippen LogP contribution in [0.15, 0.2) is 0 Å². The van der Waals surface area contributed by atoms with Gasteiger partial charge < -0.3 is 16.2 Å². The third-order valence-corrected chi connectivity index (χ3v) is 1.21. The summed E-state index contributed by atoms with van der Waals surface area (Å²) >= 11 is 0. The van der Waals surface area contributed by atoms with E-state index in [2.05, 4.69) is 4.74 Å². The summed E-state index contributed by atoms with van der Waals surface area (Å²) in [5.41, 5.74) is 10.1. The molecule has 4 N–H and O–H groups in total. The number of ether oxygens (including phenoxy) is 1. The van der Waals surface area contributed by atoms with E-state index in [-0.39, 0.29) is 12.8 Å². The molecule has 0 aromatic rings. The van der Waals surface area contributed by atoms with Crippen molar-refractivity contribution in [1.82, 2.24) is 0 Å². The lowest BCUT2D eigenvalue weighted by Gasteiger charge is -2.06. The third kappa shape index (κ3) is 4.32. The summed E-state index contributed by atoms with van der Waals surface area (Å²) in [5.74, 6) is -0.990. The maximum atomic E-state index is 10.6. The van der Waals surface area contributed by atoms with Crippen molar-refractivity contribution in [3.8, 4) is 0 Å². The van der Waals surface area contributed by atoms with Gasteiger partial charge in [-0.1, -0.05) is 0 Å². The molecular weight excluding hydrogens is 148 g/mol. The van der Waals surface area contributed by atoms with Gasteiger partial charge in [0.2, 0.25) is 5.91 Å². The lowest BCUT2D eigenvalue weighted by Crippen LogP contribution is -2.32. The topological polar surface area (TPSA) is 95.4 Å². The van der Waals surface area contributed by atoms with Gasteiger partial charge in [0, 0.05) is 6.42 Å². The number of primary amides is 1. The monoisotopic (exact) mass is 160 g/mol. The van der Waals surface area contributed by atoms with Crippen LogP contribution in [0.2, 0.25) is 0 Å². The molecule has 0 bridgehead atoms. The second-order valence-electron chi connectivity index (χ2n) is 2.13. The number of rotatable bonds is 4. The van der Waals surface area contributed by atoms with Crippen molar-refractivity contribution in [2.24, 2.45) is 11.5 Å². The molecule has 0 saturated heterocycles. The second-order valence-corrected chi connectivity index (χ2v) is 2.13. The van der Waals surface area contributed by atoms with Crippen LogP contribution in [-0.4, -0.2) is 25.0 Å². The molecule has 0 aromatic carbocycles. The van der Waals surface area contributed by atoms with E-state index in [4.69, 9.17) is 11.5 Å². The molecule has 0 aromatic heterocycles. The Labute approximate surface area is 64.7 Å². The molecule has 0 saturated carbocycles. The largest absolute Gasteiger partial charge is 0.468 e. The Morgan fingerprint density at radius 3 is 2.45 bits per heavy atom. The Morgan fingerprint density at radius 1 is 1.55 bits per heavy atom. The molecule has 5 nitrogen and oxygen atoms in total. The van der Waals surface area contributed by atoms with Gasteiger partial charge in [0.1, 0.15) is 6.04 Å². The summed E-state index contributed by atoms with van der Waals surface area (Å²) < 4.78 is 4.33. The number of carbonyl (C=O) groups is 2. The highest BCUT2D eigenvalue weighted by atomic mass is 16.5. The smallest absolute Gasteiger partial charge is 0.322 e. The van der Waals surface area contributed by atoms with Crippen molar-refractivity contribution in [2.45, 2.75) is 18.9 Å². The molecule has 0 aliphatic carbocycles. The van der Waals surface area contributed by atoms with Crippen molar-refractivity contribution in [3.63, 3.8) is 0 Å². The van der Waals surface area contributed by atoms with Crippen LogP contribution in [0.3, 0.4) is 0 Å². The molecule has 0 radical (unpaired) electrons. The molecule has 0 aliphatic rings. The number of esters is 1. The summed E-state index contributed by atoms with van der Waals surface area (Å²) in [5, 5.41) is 0. The molecule has 1 amide bonds. The van der Waals surface area contributed by atoms with Crippen LogP contribution in [0.1, 0.15) is 12.8 Å². The Balaban J connectivity index is 3.60. The number of carbonyl (C=O) groups excluding carboxylic acids is 2. The van der Waals surface area contributed by atoms with Gasteiger partial charge in [0.25, 0.3) is 0 Å². The average molecular weight is 160 g/mol. The van der Waals surface area contributed by atoms with E-state index in [1.54, 1.807) is 0 Å². The van der Waals surface area contributed by atoms with Gasteiger partial charge in [-0.25, -0.2) is 0 Å². The van der Waals surface area contributed by atoms with Gasteiger partial charge >= 0.3 is 5.97 Å². The van der Waals surface area contributed by atoms with Gasteiger partial charge in [-0.2, -0.15) is 0 Å². The SMILES string of the molecule is COC(=O)C(N)CCC(N)=O. The van der Waals surface area contributed by atoms with Crippen LogP contribution in [0.4, 0.5) is 0 Å². The van der Waals surface area contributed by atoms with Crippen LogP contribution < -0.4 is 11.5 Å². The molecule has 0 heterocycles. The maximum absolute atomic E-state index is 10.6. The summed E-state index contributed by atoms with van der Waals surface area (Å²) in [6.07, 6.45) is 0.346. The predicted octanol–water partition coefficient (Wildman–Crippen LogP) is -1.25. The standard InChI is InChI=1S/C6H12N2O3/c1-11-6(10)4(7)2-3-5(8)9/h4H,2-3,7H2,1H3,(H2,8,9). The van der Waals surface area contributed by atoms with Crippen molar-refractivity contribution < 1.29 is 14.3 Å². The zero-order valence-electron chi connectivity index (χ0n) is 6.37. The van der Waals surface area contributed by atoms with Crippen molar-refractivity contribution in [1.29, 1.82) is 0 Å². The third-order valence-electron chi connectivity index (χ3n) is 1.21. The van der Waals surface area contributed by atoms with E-state index < -0.39 is 17.9 Å². The molecule has 0 spiro atoms. The molecular formula is C6H12N2O3. The van der Waals surface area contributed by atoms with Crippen LogP contribution in [-0.2, 0) is 14.3 Å². The van der Waals surface area contributed by atoms with Crippen LogP contribution >= 0.6 is 0 Å². The van der Waals surface area contributed by atoms with E-state index >= 15 is 0 Å². The van der Waals surface area contributed by atoms with Gasteiger partial charge in [0.05, 0.1) is 7.11 Å². The molecule has 11 heavy (non-hydrogen) atoms. The van der Waals surface area contributed by atoms with Gasteiger partial charge in [0.15, 0.2) is 0 Å². The highest BCUT2D eigenvalue weighted by Crippen LogP contribution is 1.94. The number of methoxy groups -OCH3 is 1. The molecule has 1 atom stereocenters. The fourth-order valence-electron chi connectivity index (χ4n) is 0.567. The quantitative estimate of drug-likeness (QED) is 0.502. The lowest BCUT2D eigenvalue weighted by molar-refractivity contribution is -0.142. The first-order valence-corrected chi connectivity index (χ1v) is 3.19. The summed E-state index contributed by atoms with van der Waals surface area (Å²) in [6, 6.07) is -0.743. The van der Waals surface area contributed by atoms with Crippen molar-refractivity contribution in [3.05, 3.63) is 0 Å². The normalized spacial score (nSPS) is 12.2. The minimum Gasteiger partial charge on any atom is -0.468 e. The fraction of sp³-hybridized carbons (Fsp3) is 0.667. The minimum absolute atomic E-state index is 0.107. The van der Waals surface area contributed by atoms with E-state index in [0.717, 1.165) is 0 Å². The summed E-state index contributed by atoms with van der Waals surface area (Å²) in [4.78, 5) is 20.9. The first-order chi connectivity index (χ1) is 5.07. The summed E-state index contributed by atoms with van der Waals surface area (Å²) in [6.45, 7) is 0. The summed E-state index contributed by atoms with van der Waals surface area (Å²) in [7, 11) is 1.24. The first-order valence-electron chi connectivity index (χ1n) is 3.19. The highest BCUT2D eigenvalue weighted by molar-refractivity contribution is 5.78. The van der Waals surface area contributed by atoms with E-state index in [1.165, 1.54) is 7.11 Å². The van der Waals surface area contributed by atoms with Crippen molar-refractivity contribution >= 4 is 11.9 Å². The van der Waals surface area contributed by atoms with Gasteiger partial charge in [-0.3, -0.25) is 9.59 Å². The molecule has 0 rings (SSSR count). The minimum atomic E-state index is -0.743.